The number of nitrogens with two attached hydrogens (primary N) is 3. The maximum atomic E-state index is 13.0. The van der Waals surface area contributed by atoms with Gasteiger partial charge in [-0.05, 0) is 5.56 Å². The Morgan fingerprint density at radius 2 is 1.43 bits per heavy atom. The summed E-state index contributed by atoms with van der Waals surface area (Å²) < 4.78 is 22.1. The number of benzene rings is 1. The van der Waals surface area contributed by atoms with Crippen LogP contribution < -0.4 is 48.5 Å². The predicted molar refractivity (Wildman–Crippen MR) is 132 cm³/mol. The number of hydrogen-bond acceptors (Lipinski definition) is 8. The van der Waals surface area contributed by atoms with Crippen molar-refractivity contribution >= 4 is 33.8 Å². The molecule has 0 heterocycles. The lowest BCUT2D eigenvalue weighted by Crippen LogP contribution is -2.59. The number of rotatable bonds is 15. The molecule has 1 aromatic carbocycles. The van der Waals surface area contributed by atoms with E-state index in [0.29, 0.717) is 0 Å². The Hall–Kier alpha value is -4.05. The van der Waals surface area contributed by atoms with Gasteiger partial charge >= 0.3 is 0 Å². The average molecular weight is 512 g/mol. The smallest absolute Gasteiger partial charge is 0.245 e. The third kappa shape index (κ3) is 13.3. The molecule has 1 aromatic rings. The number of nitrogens with one attached hydrogen (secondary N) is 8. The summed E-state index contributed by atoms with van der Waals surface area (Å²) in [5.74, 6) is -2.24. The molecule has 0 aliphatic heterocycles. The van der Waals surface area contributed by atoms with Crippen molar-refractivity contribution in [2.45, 2.75) is 18.6 Å². The summed E-state index contributed by atoms with van der Waals surface area (Å²) in [4.78, 5) is 25.7. The molecule has 194 valence electrons. The van der Waals surface area contributed by atoms with Crippen LogP contribution in [0.15, 0.2) is 42.7 Å². The molecule has 16 heteroatoms. The van der Waals surface area contributed by atoms with Crippen molar-refractivity contribution in [3.63, 3.8) is 0 Å². The molecule has 2 atom stereocenters. The number of sulfonamides is 1. The highest BCUT2D eigenvalue weighted by atomic mass is 32.2. The van der Waals surface area contributed by atoms with E-state index in [4.69, 9.17) is 27.4 Å². The zero-order valence-corrected chi connectivity index (χ0v) is 19.9. The second-order valence-corrected chi connectivity index (χ2v) is 9.06. The molecule has 0 saturated carbocycles. The fraction of sp³-hybridized carbons (Fsp3) is 0.368. The Morgan fingerprint density at radius 1 is 0.886 bits per heavy atom. The first-order valence-electron chi connectivity index (χ1n) is 10.3. The molecule has 0 aliphatic rings. The molecule has 0 aromatic heterocycles. The third-order valence-corrected chi connectivity index (χ3v) is 5.10. The maximum absolute atomic E-state index is 13.0. The lowest BCUT2D eigenvalue weighted by molar-refractivity contribution is -0.129. The van der Waals surface area contributed by atoms with Gasteiger partial charge in [-0.3, -0.25) is 20.4 Å². The zero-order valence-electron chi connectivity index (χ0n) is 19.1. The summed E-state index contributed by atoms with van der Waals surface area (Å²) in [6.45, 7) is 3.50. The van der Waals surface area contributed by atoms with Crippen LogP contribution in [0.4, 0.5) is 0 Å². The van der Waals surface area contributed by atoms with Crippen LogP contribution in [0.3, 0.4) is 0 Å². The number of amides is 2. The Labute approximate surface area is 203 Å². The molecule has 0 radical (unpaired) electrons. The Bertz CT molecular complexity index is 1000. The molecule has 0 saturated heterocycles. The summed E-state index contributed by atoms with van der Waals surface area (Å²) in [5.41, 5.74) is 11.5. The van der Waals surface area contributed by atoms with Gasteiger partial charge in [-0.2, -0.15) is 0 Å². The van der Waals surface area contributed by atoms with E-state index in [1.807, 2.05) is 30.3 Å². The van der Waals surface area contributed by atoms with Gasteiger partial charge in [0.25, 0.3) is 0 Å². The van der Waals surface area contributed by atoms with E-state index in [-0.39, 0.29) is 43.7 Å². The van der Waals surface area contributed by atoms with Crippen molar-refractivity contribution in [2.75, 3.05) is 25.4 Å². The van der Waals surface area contributed by atoms with Crippen LogP contribution in [-0.2, 0) is 26.2 Å². The van der Waals surface area contributed by atoms with Crippen LogP contribution in [0.2, 0.25) is 0 Å². The number of guanidine groups is 2. The van der Waals surface area contributed by atoms with Crippen molar-refractivity contribution in [1.82, 2.24) is 31.9 Å². The normalized spacial score (nSPS) is 12.4. The molecule has 35 heavy (non-hydrogen) atoms. The van der Waals surface area contributed by atoms with Gasteiger partial charge in [-0.15, -0.1) is 0 Å². The van der Waals surface area contributed by atoms with Crippen LogP contribution in [-0.4, -0.2) is 69.6 Å². The zero-order chi connectivity index (χ0) is 26.4. The fourth-order valence-electron chi connectivity index (χ4n) is 2.63. The minimum atomic E-state index is -3.70. The summed E-state index contributed by atoms with van der Waals surface area (Å²) in [7, 11) is -3.70. The highest BCUT2D eigenvalue weighted by molar-refractivity contribution is 7.89. The van der Waals surface area contributed by atoms with Gasteiger partial charge in [0.1, 0.15) is 12.1 Å². The fourth-order valence-corrected chi connectivity index (χ4v) is 3.02. The van der Waals surface area contributed by atoms with E-state index in [0.717, 1.165) is 5.56 Å². The molecule has 1 rings (SSSR count). The first kappa shape index (κ1) is 29.0. The number of carbonyl (C=O) groups is 2. The van der Waals surface area contributed by atoms with Gasteiger partial charge in [0.05, 0.1) is 11.6 Å². The standard InChI is InChI=1S/C19H33N11O4S/c1-12(25-7-8-35(24,33)34)29-15(11-28-19(22)23)17(32)30-14(10-27-18(20)21)16(31)26-9-13-5-3-2-4-6-13/h2-6,14-15,25,29H,1,7-11H2,(H,26,31)(H,30,32)(H4,20,21,27)(H4,22,23,28)(H2,24,33,34). The van der Waals surface area contributed by atoms with Crippen LogP contribution in [0.5, 0.6) is 0 Å². The minimum Gasteiger partial charge on any atom is -0.371 e. The quantitative estimate of drug-likeness (QED) is 0.0803. The van der Waals surface area contributed by atoms with E-state index < -0.39 is 39.9 Å². The van der Waals surface area contributed by atoms with Gasteiger partial charge in [0.2, 0.25) is 21.8 Å². The molecule has 0 aliphatic carbocycles. The molecule has 2 unspecified atom stereocenters. The SMILES string of the molecule is C=C(NCCS(N)(=O)=O)NC(CNC(=N)N)C(=O)NC(CNC(=N)N)C(=O)NCc1ccccc1. The van der Waals surface area contributed by atoms with Crippen LogP contribution in [0.1, 0.15) is 5.56 Å². The Balaban J connectivity index is 2.85. The topological polar surface area (TPSA) is 266 Å². The maximum Gasteiger partial charge on any atom is 0.245 e. The van der Waals surface area contributed by atoms with Gasteiger partial charge < -0.3 is 43.4 Å². The molecular formula is C19H33N11O4S. The van der Waals surface area contributed by atoms with E-state index in [1.54, 1.807) is 0 Å². The molecule has 15 nitrogen and oxygen atoms in total. The predicted octanol–water partition coefficient (Wildman–Crippen LogP) is -3.94. The molecule has 0 fully saturated rings. The second-order valence-electron chi connectivity index (χ2n) is 7.32. The summed E-state index contributed by atoms with van der Waals surface area (Å²) in [5, 5.41) is 35.3. The summed E-state index contributed by atoms with van der Waals surface area (Å²) in [6.07, 6.45) is 0. The highest BCUT2D eigenvalue weighted by Crippen LogP contribution is 1.98. The Morgan fingerprint density at radius 3 is 1.94 bits per heavy atom. The van der Waals surface area contributed by atoms with Crippen molar-refractivity contribution < 1.29 is 18.0 Å². The van der Waals surface area contributed by atoms with E-state index in [2.05, 4.69) is 38.5 Å². The molecule has 2 amide bonds. The molecule has 0 spiro atoms. The summed E-state index contributed by atoms with van der Waals surface area (Å²) in [6, 6.07) is 6.94. The van der Waals surface area contributed by atoms with Crippen LogP contribution in [0, 0.1) is 10.8 Å². The minimum absolute atomic E-state index is 0.0633. The monoisotopic (exact) mass is 511 g/mol. The number of hydrogen-bond donors (Lipinski definition) is 11. The van der Waals surface area contributed by atoms with E-state index in [9.17, 15) is 18.0 Å². The number of carbonyl (C=O) groups excluding carboxylic acids is 2. The average Bonchev–Trinajstić information content (AvgIpc) is 2.77. The van der Waals surface area contributed by atoms with Crippen molar-refractivity contribution in [3.05, 3.63) is 48.3 Å². The number of primary sulfonamides is 1. The lowest BCUT2D eigenvalue weighted by atomic mass is 10.2. The molecule has 0 bridgehead atoms. The van der Waals surface area contributed by atoms with Crippen molar-refractivity contribution in [1.29, 1.82) is 10.8 Å². The summed E-state index contributed by atoms with van der Waals surface area (Å²) >= 11 is 0. The van der Waals surface area contributed by atoms with E-state index >= 15 is 0 Å². The second kappa shape index (κ2) is 14.3. The molecule has 14 N–H and O–H groups in total. The van der Waals surface area contributed by atoms with Gasteiger partial charge in [0.15, 0.2) is 11.9 Å². The van der Waals surface area contributed by atoms with Crippen molar-refractivity contribution in [2.24, 2.45) is 16.6 Å². The first-order chi connectivity index (χ1) is 16.4. The highest BCUT2D eigenvalue weighted by Gasteiger charge is 2.26. The van der Waals surface area contributed by atoms with Gasteiger partial charge in [-0.1, -0.05) is 36.9 Å². The third-order valence-electron chi connectivity index (χ3n) is 4.33. The molecular weight excluding hydrogens is 478 g/mol. The Kier molecular flexibility index (Phi) is 11.8. The van der Waals surface area contributed by atoms with Crippen molar-refractivity contribution in [3.8, 4) is 0 Å². The van der Waals surface area contributed by atoms with Gasteiger partial charge in [-0.25, -0.2) is 13.6 Å². The first-order valence-corrected chi connectivity index (χ1v) is 12.1. The van der Waals surface area contributed by atoms with Crippen LogP contribution in [0.25, 0.3) is 0 Å². The van der Waals surface area contributed by atoms with Crippen LogP contribution >= 0.6 is 0 Å². The lowest BCUT2D eigenvalue weighted by Gasteiger charge is -2.25. The van der Waals surface area contributed by atoms with E-state index in [1.165, 1.54) is 0 Å². The largest absolute Gasteiger partial charge is 0.371 e. The van der Waals surface area contributed by atoms with Gasteiger partial charge in [0, 0.05) is 26.2 Å².